The predicted molar refractivity (Wildman–Crippen MR) is 48.9 cm³/mol. The fraction of sp³-hybridized carbons (Fsp3) is 0.333. The van der Waals surface area contributed by atoms with Crippen LogP contribution in [0.1, 0.15) is 11.3 Å². The van der Waals surface area contributed by atoms with Gasteiger partial charge in [-0.05, 0) is 5.56 Å². The summed E-state index contributed by atoms with van der Waals surface area (Å²) in [7, 11) is 0. The van der Waals surface area contributed by atoms with Gasteiger partial charge in [0.1, 0.15) is 0 Å². The molecule has 0 radical (unpaired) electrons. The largest absolute Gasteiger partial charge is 0.618 e. The third-order valence-corrected chi connectivity index (χ3v) is 1.88. The van der Waals surface area contributed by atoms with Crippen molar-refractivity contribution < 1.29 is 23.0 Å². The zero-order valence-electron chi connectivity index (χ0n) is 8.08. The van der Waals surface area contributed by atoms with Crippen molar-refractivity contribution in [3.8, 4) is 0 Å². The highest BCUT2D eigenvalue weighted by Gasteiger charge is 2.39. The van der Waals surface area contributed by atoms with E-state index in [2.05, 4.69) is 0 Å². The van der Waals surface area contributed by atoms with Crippen LogP contribution in [0.3, 0.4) is 0 Å². The summed E-state index contributed by atoms with van der Waals surface area (Å²) in [5.41, 5.74) is -1.27. The van der Waals surface area contributed by atoms with Gasteiger partial charge in [0.25, 0.3) is 5.69 Å². The Morgan fingerprint density at radius 3 is 2.62 bits per heavy atom. The Morgan fingerprint density at radius 2 is 2.12 bits per heavy atom. The topological polar surface area (TPSA) is 71.0 Å². The van der Waals surface area contributed by atoms with Crippen LogP contribution in [0, 0.1) is 10.6 Å². The minimum absolute atomic E-state index is 0.111. The highest BCUT2D eigenvalue weighted by Crippen LogP contribution is 2.26. The number of hydrogen-bond acceptors (Lipinski definition) is 3. The first kappa shape index (κ1) is 12.4. The minimum atomic E-state index is -4.72. The molecule has 1 rings (SSSR count). The van der Waals surface area contributed by atoms with E-state index in [1.807, 2.05) is 0 Å². The second-order valence-corrected chi connectivity index (χ2v) is 3.18. The summed E-state index contributed by atoms with van der Waals surface area (Å²) < 4.78 is 36.7. The van der Waals surface area contributed by atoms with Crippen LogP contribution in [0.4, 0.5) is 13.2 Å². The molecule has 0 bridgehead atoms. The molecule has 0 amide bonds. The Labute approximate surface area is 89.0 Å². The number of aliphatic hydroxyl groups is 1. The SMILES string of the molecule is N=C(CO)Cc1cc[n+]([O-])c(C(F)(F)F)c1. The van der Waals surface area contributed by atoms with Gasteiger partial charge in [0.2, 0.25) is 0 Å². The Morgan fingerprint density at radius 1 is 1.50 bits per heavy atom. The second-order valence-electron chi connectivity index (χ2n) is 3.18. The normalized spacial score (nSPS) is 11.5. The van der Waals surface area contributed by atoms with Gasteiger partial charge in [0.05, 0.1) is 6.61 Å². The minimum Gasteiger partial charge on any atom is -0.618 e. The lowest BCUT2D eigenvalue weighted by molar-refractivity contribution is -0.629. The molecule has 2 N–H and O–H groups in total. The van der Waals surface area contributed by atoms with E-state index in [1.54, 1.807) is 0 Å². The van der Waals surface area contributed by atoms with E-state index in [0.29, 0.717) is 6.07 Å². The molecule has 1 aromatic heterocycles. The summed E-state index contributed by atoms with van der Waals surface area (Å²) in [6.07, 6.45) is -4.09. The maximum Gasteiger partial charge on any atom is 0.478 e. The van der Waals surface area contributed by atoms with E-state index < -0.39 is 18.5 Å². The van der Waals surface area contributed by atoms with Crippen molar-refractivity contribution in [2.24, 2.45) is 0 Å². The maximum atomic E-state index is 12.3. The van der Waals surface area contributed by atoms with Gasteiger partial charge in [-0.2, -0.15) is 17.9 Å². The average molecular weight is 234 g/mol. The van der Waals surface area contributed by atoms with Crippen molar-refractivity contribution in [2.75, 3.05) is 6.61 Å². The molecule has 0 unspecified atom stereocenters. The van der Waals surface area contributed by atoms with Gasteiger partial charge in [0.15, 0.2) is 6.20 Å². The lowest BCUT2D eigenvalue weighted by atomic mass is 10.1. The van der Waals surface area contributed by atoms with Crippen molar-refractivity contribution in [3.05, 3.63) is 34.8 Å². The van der Waals surface area contributed by atoms with Crippen LogP contribution < -0.4 is 4.73 Å². The molecule has 1 heterocycles. The molecule has 7 heteroatoms. The number of pyridine rings is 1. The van der Waals surface area contributed by atoms with Crippen molar-refractivity contribution in [3.63, 3.8) is 0 Å². The van der Waals surface area contributed by atoms with Crippen molar-refractivity contribution in [1.82, 2.24) is 0 Å². The van der Waals surface area contributed by atoms with Gasteiger partial charge in [0, 0.05) is 24.3 Å². The molecule has 0 fully saturated rings. The zero-order chi connectivity index (χ0) is 12.3. The van der Waals surface area contributed by atoms with E-state index in [-0.39, 0.29) is 22.4 Å². The molecular weight excluding hydrogens is 225 g/mol. The number of alkyl halides is 3. The number of hydrogen-bond donors (Lipinski definition) is 2. The van der Waals surface area contributed by atoms with Crippen molar-refractivity contribution in [1.29, 1.82) is 5.41 Å². The van der Waals surface area contributed by atoms with Crippen LogP contribution in [0.2, 0.25) is 0 Å². The van der Waals surface area contributed by atoms with Crippen molar-refractivity contribution in [2.45, 2.75) is 12.6 Å². The van der Waals surface area contributed by atoms with E-state index >= 15 is 0 Å². The smallest absolute Gasteiger partial charge is 0.478 e. The Bertz CT molecular complexity index is 404. The number of nitrogens with one attached hydrogen (secondary N) is 1. The van der Waals surface area contributed by atoms with Gasteiger partial charge in [-0.1, -0.05) is 0 Å². The lowest BCUT2D eigenvalue weighted by Crippen LogP contribution is -2.36. The summed E-state index contributed by atoms with van der Waals surface area (Å²) in [5.74, 6) is 0. The highest BCUT2D eigenvalue weighted by molar-refractivity contribution is 5.84. The van der Waals surface area contributed by atoms with Crippen LogP contribution in [0.5, 0.6) is 0 Å². The number of nitrogens with zero attached hydrogens (tertiary/aromatic N) is 1. The fourth-order valence-corrected chi connectivity index (χ4v) is 1.15. The second kappa shape index (κ2) is 4.48. The molecule has 0 aliphatic carbocycles. The van der Waals surface area contributed by atoms with Crippen LogP contribution in [0.15, 0.2) is 18.3 Å². The summed E-state index contributed by atoms with van der Waals surface area (Å²) >= 11 is 0. The quantitative estimate of drug-likeness (QED) is 0.463. The third kappa shape index (κ3) is 2.93. The fourth-order valence-electron chi connectivity index (χ4n) is 1.15. The number of aliphatic hydroxyl groups excluding tert-OH is 1. The molecule has 0 aliphatic rings. The Balaban J connectivity index is 3.03. The molecule has 4 nitrogen and oxygen atoms in total. The molecule has 0 saturated carbocycles. The number of halogens is 3. The summed E-state index contributed by atoms with van der Waals surface area (Å²) in [6.45, 7) is -0.520. The average Bonchev–Trinajstić information content (AvgIpc) is 2.19. The number of aromatic nitrogens is 1. The predicted octanol–water partition coefficient (Wildman–Crippen LogP) is 0.893. The molecule has 1 aromatic rings. The van der Waals surface area contributed by atoms with E-state index in [9.17, 15) is 18.4 Å². The van der Waals surface area contributed by atoms with Gasteiger partial charge < -0.3 is 15.7 Å². The molecule has 16 heavy (non-hydrogen) atoms. The first-order valence-corrected chi connectivity index (χ1v) is 4.31. The Hall–Kier alpha value is -1.63. The van der Waals surface area contributed by atoms with E-state index in [0.717, 1.165) is 6.20 Å². The highest BCUT2D eigenvalue weighted by atomic mass is 19.4. The van der Waals surface area contributed by atoms with E-state index in [4.69, 9.17) is 10.5 Å². The summed E-state index contributed by atoms with van der Waals surface area (Å²) in [4.78, 5) is 0. The van der Waals surface area contributed by atoms with Gasteiger partial charge in [-0.15, -0.1) is 0 Å². The summed E-state index contributed by atoms with van der Waals surface area (Å²) in [6, 6.07) is 1.86. The van der Waals surface area contributed by atoms with Crippen LogP contribution in [0.25, 0.3) is 0 Å². The molecule has 0 saturated heterocycles. The molecular formula is C9H9F3N2O2. The monoisotopic (exact) mass is 234 g/mol. The van der Waals surface area contributed by atoms with Crippen LogP contribution in [-0.2, 0) is 12.6 Å². The van der Waals surface area contributed by atoms with Crippen LogP contribution >= 0.6 is 0 Å². The molecule has 88 valence electrons. The zero-order valence-corrected chi connectivity index (χ0v) is 8.08. The molecule has 0 atom stereocenters. The van der Waals surface area contributed by atoms with Gasteiger partial charge in [-0.25, -0.2) is 0 Å². The van der Waals surface area contributed by atoms with Crippen molar-refractivity contribution >= 4 is 5.71 Å². The molecule has 0 aliphatic heterocycles. The van der Waals surface area contributed by atoms with E-state index in [1.165, 1.54) is 6.07 Å². The lowest BCUT2D eigenvalue weighted by Gasteiger charge is -2.09. The van der Waals surface area contributed by atoms with Crippen LogP contribution in [-0.4, -0.2) is 17.4 Å². The molecule has 0 aromatic carbocycles. The maximum absolute atomic E-state index is 12.3. The Kier molecular flexibility index (Phi) is 3.48. The molecule has 0 spiro atoms. The number of rotatable bonds is 3. The summed E-state index contributed by atoms with van der Waals surface area (Å²) in [5, 5.41) is 26.6. The first-order valence-electron chi connectivity index (χ1n) is 4.31. The van der Waals surface area contributed by atoms with Gasteiger partial charge in [-0.3, -0.25) is 0 Å². The third-order valence-electron chi connectivity index (χ3n) is 1.88. The van der Waals surface area contributed by atoms with Gasteiger partial charge >= 0.3 is 6.18 Å². The standard InChI is InChI=1S/C9H9F3N2O2/c10-9(11,12)8-4-6(1-2-14(8)16)3-7(13)5-15/h1-2,4,13,15H,3,5H2. The first-order chi connectivity index (χ1) is 7.34.